The Morgan fingerprint density at radius 3 is 3.05 bits per heavy atom. The zero-order valence-electron chi connectivity index (χ0n) is 11.0. The van der Waals surface area contributed by atoms with Gasteiger partial charge in [0, 0.05) is 19.7 Å². The van der Waals surface area contributed by atoms with E-state index in [0.717, 1.165) is 32.4 Å². The van der Waals surface area contributed by atoms with Crippen molar-refractivity contribution in [3.63, 3.8) is 0 Å². The molecule has 0 bridgehead atoms. The molecule has 0 N–H and O–H groups in total. The third-order valence-electron chi connectivity index (χ3n) is 3.06. The molecular weight excluding hydrogens is 266 g/mol. The number of piperidine rings is 1. The summed E-state index contributed by atoms with van der Waals surface area (Å²) in [6, 6.07) is 0. The topological polar surface area (TPSA) is 55.3 Å². The van der Waals surface area contributed by atoms with Crippen LogP contribution in [-0.4, -0.2) is 46.6 Å². The Morgan fingerprint density at radius 1 is 1.53 bits per heavy atom. The van der Waals surface area contributed by atoms with E-state index in [1.807, 2.05) is 0 Å². The first-order valence-electron chi connectivity index (χ1n) is 6.59. The van der Waals surface area contributed by atoms with E-state index in [4.69, 9.17) is 16.3 Å². The average Bonchev–Trinajstić information content (AvgIpc) is 2.45. The van der Waals surface area contributed by atoms with E-state index in [1.54, 1.807) is 4.90 Å². The minimum Gasteiger partial charge on any atom is -0.376 e. The third kappa shape index (κ3) is 3.88. The van der Waals surface area contributed by atoms with Crippen LogP contribution >= 0.6 is 11.6 Å². The minimum atomic E-state index is -0.103. The lowest BCUT2D eigenvalue weighted by Gasteiger charge is -2.32. The maximum Gasteiger partial charge on any atom is 0.274 e. The Balaban J connectivity index is 1.96. The van der Waals surface area contributed by atoms with Crippen molar-refractivity contribution in [2.45, 2.75) is 32.3 Å². The Morgan fingerprint density at radius 2 is 2.37 bits per heavy atom. The molecule has 5 nitrogen and oxygen atoms in total. The van der Waals surface area contributed by atoms with E-state index in [0.29, 0.717) is 17.4 Å². The van der Waals surface area contributed by atoms with Gasteiger partial charge in [0.2, 0.25) is 0 Å². The number of carbonyl (C=O) groups is 1. The number of halogens is 1. The van der Waals surface area contributed by atoms with Crippen LogP contribution in [0.2, 0.25) is 5.15 Å². The van der Waals surface area contributed by atoms with Gasteiger partial charge in [-0.3, -0.25) is 4.79 Å². The predicted octanol–water partition coefficient (Wildman–Crippen LogP) is 2.16. The lowest BCUT2D eigenvalue weighted by molar-refractivity contribution is 0.00191. The molecule has 1 saturated heterocycles. The highest BCUT2D eigenvalue weighted by Gasteiger charge is 2.25. The van der Waals surface area contributed by atoms with E-state index >= 15 is 0 Å². The predicted molar refractivity (Wildman–Crippen MR) is 72.2 cm³/mol. The van der Waals surface area contributed by atoms with Crippen LogP contribution in [-0.2, 0) is 4.74 Å². The Hall–Kier alpha value is -1.20. The highest BCUT2D eigenvalue weighted by atomic mass is 35.5. The van der Waals surface area contributed by atoms with Crippen molar-refractivity contribution in [3.05, 3.63) is 23.2 Å². The minimum absolute atomic E-state index is 0.103. The number of hydrogen-bond acceptors (Lipinski definition) is 4. The van der Waals surface area contributed by atoms with Crippen LogP contribution in [0.4, 0.5) is 0 Å². The molecule has 0 aliphatic carbocycles. The monoisotopic (exact) mass is 283 g/mol. The van der Waals surface area contributed by atoms with E-state index < -0.39 is 0 Å². The van der Waals surface area contributed by atoms with Crippen molar-refractivity contribution in [2.75, 3.05) is 19.7 Å². The van der Waals surface area contributed by atoms with Gasteiger partial charge in [-0.1, -0.05) is 18.5 Å². The van der Waals surface area contributed by atoms with E-state index in [9.17, 15) is 4.79 Å². The highest BCUT2D eigenvalue weighted by Crippen LogP contribution is 2.15. The molecule has 1 aliphatic heterocycles. The summed E-state index contributed by atoms with van der Waals surface area (Å²) in [5, 5.41) is 0.291. The highest BCUT2D eigenvalue weighted by molar-refractivity contribution is 6.29. The smallest absolute Gasteiger partial charge is 0.274 e. The second-order valence-corrected chi connectivity index (χ2v) is 5.00. The van der Waals surface area contributed by atoms with Gasteiger partial charge in [-0.25, -0.2) is 9.97 Å². The molecule has 104 valence electrons. The van der Waals surface area contributed by atoms with Crippen LogP contribution < -0.4 is 0 Å². The second-order valence-electron chi connectivity index (χ2n) is 4.61. The van der Waals surface area contributed by atoms with Gasteiger partial charge in [-0.2, -0.15) is 0 Å². The number of nitrogens with zero attached hydrogens (tertiary/aromatic N) is 3. The summed E-state index contributed by atoms with van der Waals surface area (Å²) in [6.45, 7) is 4.20. The maximum absolute atomic E-state index is 12.3. The molecule has 1 amide bonds. The van der Waals surface area contributed by atoms with Crippen molar-refractivity contribution >= 4 is 17.5 Å². The number of likely N-dealkylation sites (tertiary alicyclic amines) is 1. The fraction of sp³-hybridized carbons (Fsp3) is 0.615. The lowest BCUT2D eigenvalue weighted by Crippen LogP contribution is -2.43. The lowest BCUT2D eigenvalue weighted by atomic mass is 10.1. The van der Waals surface area contributed by atoms with Gasteiger partial charge in [0.15, 0.2) is 0 Å². The molecule has 0 spiro atoms. The first kappa shape index (κ1) is 14.2. The van der Waals surface area contributed by atoms with Crippen LogP contribution in [0, 0.1) is 0 Å². The standard InChI is InChI=1S/C13H18ClN3O2/c1-2-6-19-10-4-3-5-17(9-10)13(18)11-7-16-12(14)8-15-11/h7-8,10H,2-6,9H2,1H3. The summed E-state index contributed by atoms with van der Waals surface area (Å²) >= 11 is 5.66. The molecule has 0 radical (unpaired) electrons. The Bertz CT molecular complexity index is 424. The van der Waals surface area contributed by atoms with Gasteiger partial charge in [-0.05, 0) is 19.3 Å². The molecule has 1 aromatic heterocycles. The molecule has 19 heavy (non-hydrogen) atoms. The van der Waals surface area contributed by atoms with Gasteiger partial charge in [0.1, 0.15) is 10.8 Å². The first-order valence-corrected chi connectivity index (χ1v) is 6.97. The van der Waals surface area contributed by atoms with Gasteiger partial charge < -0.3 is 9.64 Å². The van der Waals surface area contributed by atoms with Crippen LogP contribution in [0.15, 0.2) is 12.4 Å². The largest absolute Gasteiger partial charge is 0.376 e. The molecule has 0 aromatic carbocycles. The van der Waals surface area contributed by atoms with E-state index in [1.165, 1.54) is 12.4 Å². The quantitative estimate of drug-likeness (QED) is 0.850. The number of hydrogen-bond donors (Lipinski definition) is 0. The first-order chi connectivity index (χ1) is 9.20. The average molecular weight is 284 g/mol. The van der Waals surface area contributed by atoms with E-state index in [2.05, 4.69) is 16.9 Å². The summed E-state index contributed by atoms with van der Waals surface area (Å²) in [6.07, 6.45) is 5.91. The van der Waals surface area contributed by atoms with Gasteiger partial charge in [0.25, 0.3) is 5.91 Å². The summed E-state index contributed by atoms with van der Waals surface area (Å²) in [4.78, 5) is 21.9. The Kier molecular flexibility index (Phi) is 5.10. The summed E-state index contributed by atoms with van der Waals surface area (Å²) in [5.74, 6) is -0.103. The molecule has 1 aliphatic rings. The van der Waals surface area contributed by atoms with Crippen LogP contribution in [0.5, 0.6) is 0 Å². The number of ether oxygens (including phenoxy) is 1. The van der Waals surface area contributed by atoms with Crippen molar-refractivity contribution in [2.24, 2.45) is 0 Å². The molecule has 2 rings (SSSR count). The molecular formula is C13H18ClN3O2. The molecule has 1 aromatic rings. The molecule has 6 heteroatoms. The maximum atomic E-state index is 12.3. The molecule has 1 fully saturated rings. The zero-order valence-corrected chi connectivity index (χ0v) is 11.8. The summed E-state index contributed by atoms with van der Waals surface area (Å²) < 4.78 is 5.72. The molecule has 1 unspecified atom stereocenters. The van der Waals surface area contributed by atoms with Crippen LogP contribution in [0.25, 0.3) is 0 Å². The van der Waals surface area contributed by atoms with Gasteiger partial charge >= 0.3 is 0 Å². The number of amides is 1. The molecule has 2 heterocycles. The SMILES string of the molecule is CCCOC1CCCN(C(=O)c2cnc(Cl)cn2)C1. The second kappa shape index (κ2) is 6.82. The van der Waals surface area contributed by atoms with Crippen molar-refractivity contribution in [1.82, 2.24) is 14.9 Å². The van der Waals surface area contributed by atoms with Gasteiger partial charge in [-0.15, -0.1) is 0 Å². The molecule has 1 atom stereocenters. The summed E-state index contributed by atoms with van der Waals surface area (Å²) in [5.41, 5.74) is 0.334. The van der Waals surface area contributed by atoms with Crippen molar-refractivity contribution in [1.29, 1.82) is 0 Å². The molecule has 0 saturated carbocycles. The number of rotatable bonds is 4. The zero-order chi connectivity index (χ0) is 13.7. The van der Waals surface area contributed by atoms with Crippen molar-refractivity contribution < 1.29 is 9.53 Å². The third-order valence-corrected chi connectivity index (χ3v) is 3.26. The van der Waals surface area contributed by atoms with Crippen LogP contribution in [0.1, 0.15) is 36.7 Å². The van der Waals surface area contributed by atoms with Crippen LogP contribution in [0.3, 0.4) is 0 Å². The number of aromatic nitrogens is 2. The van der Waals surface area contributed by atoms with Crippen molar-refractivity contribution in [3.8, 4) is 0 Å². The van der Waals surface area contributed by atoms with E-state index in [-0.39, 0.29) is 12.0 Å². The fourth-order valence-corrected chi connectivity index (χ4v) is 2.23. The van der Waals surface area contributed by atoms with Gasteiger partial charge in [0.05, 0.1) is 18.5 Å². The number of carbonyl (C=O) groups excluding carboxylic acids is 1. The Labute approximate surface area is 117 Å². The normalized spacial score (nSPS) is 19.5. The fourth-order valence-electron chi connectivity index (χ4n) is 2.13. The summed E-state index contributed by atoms with van der Waals surface area (Å²) in [7, 11) is 0.